The van der Waals surface area contributed by atoms with E-state index in [0.717, 1.165) is 6.42 Å². The lowest BCUT2D eigenvalue weighted by Crippen LogP contribution is -2.08. The first-order valence-corrected chi connectivity index (χ1v) is 4.68. The van der Waals surface area contributed by atoms with Gasteiger partial charge >= 0.3 is 5.97 Å². The van der Waals surface area contributed by atoms with Crippen molar-refractivity contribution in [2.75, 3.05) is 20.8 Å². The Labute approximate surface area is 88.2 Å². The van der Waals surface area contributed by atoms with Crippen LogP contribution in [0.4, 0.5) is 0 Å². The fourth-order valence-corrected chi connectivity index (χ4v) is 1.11. The van der Waals surface area contributed by atoms with E-state index in [1.54, 1.807) is 18.0 Å². The standard InChI is InChI=1S/C9H15N3O3/c1-7(4-5-14-2)12-6-8(10-11-12)9(13)15-3/h6-7H,4-5H2,1-3H3. The minimum absolute atomic E-state index is 0.149. The van der Waals surface area contributed by atoms with Crippen LogP contribution in [0, 0.1) is 0 Å². The van der Waals surface area contributed by atoms with Crippen molar-refractivity contribution in [2.45, 2.75) is 19.4 Å². The predicted octanol–water partition coefficient (Wildman–Crippen LogP) is 0.662. The van der Waals surface area contributed by atoms with Gasteiger partial charge in [0.15, 0.2) is 5.69 Å². The molecule has 0 amide bonds. The number of carbonyl (C=O) groups excluding carboxylic acids is 1. The first kappa shape index (κ1) is 11.6. The van der Waals surface area contributed by atoms with Gasteiger partial charge in [0, 0.05) is 13.7 Å². The SMILES string of the molecule is COCCC(C)n1cc(C(=O)OC)nn1. The van der Waals surface area contributed by atoms with E-state index in [2.05, 4.69) is 15.0 Å². The van der Waals surface area contributed by atoms with E-state index in [1.807, 2.05) is 6.92 Å². The van der Waals surface area contributed by atoms with Gasteiger partial charge in [-0.3, -0.25) is 0 Å². The Balaban J connectivity index is 2.62. The maximum atomic E-state index is 11.1. The lowest BCUT2D eigenvalue weighted by atomic mass is 10.2. The highest BCUT2D eigenvalue weighted by Gasteiger charge is 2.13. The summed E-state index contributed by atoms with van der Waals surface area (Å²) in [6, 6.07) is 0.149. The van der Waals surface area contributed by atoms with Gasteiger partial charge in [0.25, 0.3) is 0 Å². The first-order chi connectivity index (χ1) is 7.19. The molecule has 1 aromatic heterocycles. The molecule has 6 heteroatoms. The minimum atomic E-state index is -0.472. The normalized spacial score (nSPS) is 12.5. The third kappa shape index (κ3) is 3.02. The molecule has 84 valence electrons. The number of hydrogen-bond acceptors (Lipinski definition) is 5. The van der Waals surface area contributed by atoms with Crippen LogP contribution in [-0.4, -0.2) is 41.8 Å². The fourth-order valence-electron chi connectivity index (χ4n) is 1.11. The van der Waals surface area contributed by atoms with E-state index in [4.69, 9.17) is 4.74 Å². The number of methoxy groups -OCH3 is 2. The molecule has 0 saturated heterocycles. The smallest absolute Gasteiger partial charge is 0.360 e. The average Bonchev–Trinajstić information content (AvgIpc) is 2.74. The van der Waals surface area contributed by atoms with Gasteiger partial charge in [0.1, 0.15) is 0 Å². The molecule has 0 aliphatic carbocycles. The summed E-state index contributed by atoms with van der Waals surface area (Å²) in [7, 11) is 2.96. The molecule has 1 aromatic rings. The Morgan fingerprint density at radius 1 is 1.60 bits per heavy atom. The number of aromatic nitrogens is 3. The Bertz CT molecular complexity index is 324. The summed E-state index contributed by atoms with van der Waals surface area (Å²) in [5, 5.41) is 7.56. The van der Waals surface area contributed by atoms with Gasteiger partial charge in [0.05, 0.1) is 19.3 Å². The number of ether oxygens (including phenoxy) is 2. The molecule has 0 N–H and O–H groups in total. The zero-order valence-electron chi connectivity index (χ0n) is 9.14. The van der Waals surface area contributed by atoms with Crippen LogP contribution in [0.3, 0.4) is 0 Å². The Morgan fingerprint density at radius 2 is 2.33 bits per heavy atom. The van der Waals surface area contributed by atoms with Crippen LogP contribution in [0.2, 0.25) is 0 Å². The van der Waals surface area contributed by atoms with Gasteiger partial charge in [-0.05, 0) is 13.3 Å². The fraction of sp³-hybridized carbons (Fsp3) is 0.667. The zero-order valence-corrected chi connectivity index (χ0v) is 9.14. The Morgan fingerprint density at radius 3 is 2.93 bits per heavy atom. The van der Waals surface area contributed by atoms with Crippen LogP contribution in [0.25, 0.3) is 0 Å². The van der Waals surface area contributed by atoms with Crippen molar-refractivity contribution in [1.29, 1.82) is 0 Å². The second-order valence-corrected chi connectivity index (χ2v) is 3.21. The van der Waals surface area contributed by atoms with Crippen LogP contribution >= 0.6 is 0 Å². The zero-order chi connectivity index (χ0) is 11.3. The monoisotopic (exact) mass is 213 g/mol. The van der Waals surface area contributed by atoms with E-state index >= 15 is 0 Å². The number of carbonyl (C=O) groups is 1. The highest BCUT2D eigenvalue weighted by molar-refractivity contribution is 5.86. The van der Waals surface area contributed by atoms with Gasteiger partial charge in [-0.2, -0.15) is 0 Å². The minimum Gasteiger partial charge on any atom is -0.464 e. The summed E-state index contributed by atoms with van der Waals surface area (Å²) >= 11 is 0. The molecule has 1 unspecified atom stereocenters. The highest BCUT2D eigenvalue weighted by Crippen LogP contribution is 2.09. The topological polar surface area (TPSA) is 66.2 Å². The molecular formula is C9H15N3O3. The van der Waals surface area contributed by atoms with E-state index in [-0.39, 0.29) is 11.7 Å². The summed E-state index contributed by atoms with van der Waals surface area (Å²) in [6.07, 6.45) is 2.40. The molecule has 0 aromatic carbocycles. The van der Waals surface area contributed by atoms with Crippen molar-refractivity contribution >= 4 is 5.97 Å². The molecule has 0 aliphatic rings. The molecule has 15 heavy (non-hydrogen) atoms. The van der Waals surface area contributed by atoms with Gasteiger partial charge in [0.2, 0.25) is 0 Å². The van der Waals surface area contributed by atoms with Crippen LogP contribution in [0.15, 0.2) is 6.20 Å². The number of rotatable bonds is 5. The molecule has 0 aliphatic heterocycles. The van der Waals surface area contributed by atoms with Crippen molar-refractivity contribution in [3.63, 3.8) is 0 Å². The third-order valence-corrected chi connectivity index (χ3v) is 2.10. The molecule has 1 atom stereocenters. The second-order valence-electron chi connectivity index (χ2n) is 3.21. The largest absolute Gasteiger partial charge is 0.464 e. The van der Waals surface area contributed by atoms with Gasteiger partial charge in [-0.25, -0.2) is 9.48 Å². The molecule has 0 bridgehead atoms. The molecule has 0 radical (unpaired) electrons. The molecular weight excluding hydrogens is 198 g/mol. The van der Waals surface area contributed by atoms with Crippen molar-refractivity contribution in [3.05, 3.63) is 11.9 Å². The molecule has 0 saturated carbocycles. The number of esters is 1. The molecule has 0 fully saturated rings. The van der Waals surface area contributed by atoms with Crippen molar-refractivity contribution in [1.82, 2.24) is 15.0 Å². The van der Waals surface area contributed by atoms with E-state index < -0.39 is 5.97 Å². The van der Waals surface area contributed by atoms with Crippen molar-refractivity contribution in [3.8, 4) is 0 Å². The summed E-state index contributed by atoms with van der Waals surface area (Å²) in [5.74, 6) is -0.472. The van der Waals surface area contributed by atoms with Crippen LogP contribution < -0.4 is 0 Å². The molecule has 1 rings (SSSR count). The summed E-state index contributed by atoms with van der Waals surface area (Å²) in [5.41, 5.74) is 0.224. The number of hydrogen-bond donors (Lipinski definition) is 0. The van der Waals surface area contributed by atoms with Crippen molar-refractivity contribution in [2.24, 2.45) is 0 Å². The average molecular weight is 213 g/mol. The lowest BCUT2D eigenvalue weighted by Gasteiger charge is -2.09. The van der Waals surface area contributed by atoms with E-state index in [9.17, 15) is 4.79 Å². The lowest BCUT2D eigenvalue weighted by molar-refractivity contribution is 0.0594. The van der Waals surface area contributed by atoms with Gasteiger partial charge < -0.3 is 9.47 Å². The maximum Gasteiger partial charge on any atom is 0.360 e. The summed E-state index contributed by atoms with van der Waals surface area (Å²) < 4.78 is 11.1. The van der Waals surface area contributed by atoms with Gasteiger partial charge in [-0.1, -0.05) is 5.21 Å². The van der Waals surface area contributed by atoms with E-state index in [0.29, 0.717) is 6.61 Å². The first-order valence-electron chi connectivity index (χ1n) is 4.68. The van der Waals surface area contributed by atoms with Crippen LogP contribution in [-0.2, 0) is 9.47 Å². The molecule has 6 nitrogen and oxygen atoms in total. The van der Waals surface area contributed by atoms with Gasteiger partial charge in [-0.15, -0.1) is 5.10 Å². The van der Waals surface area contributed by atoms with Crippen LogP contribution in [0.5, 0.6) is 0 Å². The maximum absolute atomic E-state index is 11.1. The van der Waals surface area contributed by atoms with Crippen molar-refractivity contribution < 1.29 is 14.3 Å². The predicted molar refractivity (Wildman–Crippen MR) is 52.6 cm³/mol. The second kappa shape index (κ2) is 5.45. The third-order valence-electron chi connectivity index (χ3n) is 2.10. The molecule has 0 spiro atoms. The quantitative estimate of drug-likeness (QED) is 0.672. The Hall–Kier alpha value is -1.43. The van der Waals surface area contributed by atoms with Crippen LogP contribution in [0.1, 0.15) is 29.9 Å². The Kier molecular flexibility index (Phi) is 4.23. The van der Waals surface area contributed by atoms with E-state index in [1.165, 1.54) is 7.11 Å². The molecule has 1 heterocycles. The summed E-state index contributed by atoms with van der Waals surface area (Å²) in [6.45, 7) is 2.63. The number of nitrogens with zero attached hydrogens (tertiary/aromatic N) is 3. The summed E-state index contributed by atoms with van der Waals surface area (Å²) in [4.78, 5) is 11.1. The highest BCUT2D eigenvalue weighted by atomic mass is 16.5.